The smallest absolute Gasteiger partial charge is 0.328 e. The average molecular weight is 846 g/mol. The van der Waals surface area contributed by atoms with Gasteiger partial charge >= 0.3 is 6.03 Å². The SMILES string of the molecule is O=C1CCN(c2ccc(CCCCCNC(=O)C3CCC(NC(=O)[C@@H]4NC5(CCCCC5)[C@@]5(C(=O)Nc6cc(Cl)ccc65)[C@H]4c4cccc(Cl)c4F)CC3)cc2)C(=O)N1. The molecule has 2 saturated heterocycles. The lowest BCUT2D eigenvalue weighted by Gasteiger charge is -2.47. The van der Waals surface area contributed by atoms with Crippen LogP contribution in [0, 0.1) is 11.7 Å². The summed E-state index contributed by atoms with van der Waals surface area (Å²) in [7, 11) is 0. The number of fused-ring (bicyclic) bond motifs is 3. The van der Waals surface area contributed by atoms with Crippen LogP contribution < -0.4 is 31.5 Å². The van der Waals surface area contributed by atoms with Crippen molar-refractivity contribution in [3.05, 3.63) is 93.2 Å². The number of hydrogen-bond donors (Lipinski definition) is 5. The van der Waals surface area contributed by atoms with E-state index in [1.807, 2.05) is 30.3 Å². The normalized spacial score (nSPS) is 26.1. The number of anilines is 2. The summed E-state index contributed by atoms with van der Waals surface area (Å²) in [4.78, 5) is 67.5. The molecular weight excluding hydrogens is 794 g/mol. The molecule has 5 aliphatic rings. The minimum atomic E-state index is -1.29. The molecule has 3 aromatic carbocycles. The van der Waals surface area contributed by atoms with Gasteiger partial charge in [-0.2, -0.15) is 0 Å². The summed E-state index contributed by atoms with van der Waals surface area (Å²) in [6.07, 6.45) is 10.5. The molecule has 0 radical (unpaired) electrons. The van der Waals surface area contributed by atoms with Crippen LogP contribution in [0.2, 0.25) is 10.0 Å². The zero-order valence-electron chi connectivity index (χ0n) is 33.0. The van der Waals surface area contributed by atoms with Gasteiger partial charge in [-0.1, -0.05) is 79.2 Å². The van der Waals surface area contributed by atoms with Gasteiger partial charge in [-0.15, -0.1) is 0 Å². The first-order valence-electron chi connectivity index (χ1n) is 21.1. The standard InChI is InChI=1S/C45H51Cl2FN6O5/c46-29-15-20-33-35(26-29)51-42(58)45(33)37(32-9-7-10-34(47)38(32)48)39(53-44(45)22-4-2-5-23-44)41(57)50-30-16-13-28(14-17-30)40(56)49-24-6-1-3-8-27-11-18-31(19-12-27)54-25-21-36(55)52-43(54)59/h7,9-12,15,18-20,26,28,30,37,39,53H,1-6,8,13-14,16-17,21-25H2,(H,49,56)(H,50,57)(H,51,58)(H,52,55,59)/t28?,30?,37-,39+,45+/m0/s1. The number of benzene rings is 3. The van der Waals surface area contributed by atoms with E-state index in [0.29, 0.717) is 67.9 Å². The second-order valence-corrected chi connectivity index (χ2v) is 17.8. The van der Waals surface area contributed by atoms with Gasteiger partial charge in [0, 0.05) is 59.3 Å². The molecule has 59 heavy (non-hydrogen) atoms. The highest BCUT2D eigenvalue weighted by Gasteiger charge is 2.72. The molecule has 3 heterocycles. The van der Waals surface area contributed by atoms with Gasteiger partial charge in [0.1, 0.15) is 11.2 Å². The van der Waals surface area contributed by atoms with Crippen LogP contribution >= 0.6 is 23.2 Å². The molecular formula is C45H51Cl2FN6O5. The number of carbonyl (C=O) groups excluding carboxylic acids is 5. The maximum atomic E-state index is 16.2. The molecule has 0 aromatic heterocycles. The van der Waals surface area contributed by atoms with Crippen LogP contribution in [-0.4, -0.2) is 60.4 Å². The lowest BCUT2D eigenvalue weighted by molar-refractivity contribution is -0.126. The van der Waals surface area contributed by atoms with Gasteiger partial charge in [0.15, 0.2) is 0 Å². The Kier molecular flexibility index (Phi) is 12.0. The third kappa shape index (κ3) is 7.84. The summed E-state index contributed by atoms with van der Waals surface area (Å²) in [5.41, 5.74) is 1.34. The molecule has 4 fully saturated rings. The van der Waals surface area contributed by atoms with Crippen molar-refractivity contribution >= 4 is 64.2 Å². The van der Waals surface area contributed by atoms with Crippen LogP contribution in [0.3, 0.4) is 0 Å². The first-order valence-corrected chi connectivity index (χ1v) is 21.9. The van der Waals surface area contributed by atoms with E-state index in [-0.39, 0.29) is 52.6 Å². The fourth-order valence-corrected chi connectivity index (χ4v) is 11.0. The molecule has 14 heteroatoms. The number of aryl methyl sites for hydroxylation is 1. The second-order valence-electron chi connectivity index (χ2n) is 16.9. The summed E-state index contributed by atoms with van der Waals surface area (Å²) < 4.78 is 16.2. The molecule has 3 atom stereocenters. The van der Waals surface area contributed by atoms with Crippen molar-refractivity contribution in [3.8, 4) is 0 Å². The summed E-state index contributed by atoms with van der Waals surface area (Å²) in [6, 6.07) is 16.5. The number of imide groups is 1. The Labute approximate surface area is 353 Å². The van der Waals surface area contributed by atoms with E-state index in [4.69, 9.17) is 23.2 Å². The Morgan fingerprint density at radius 1 is 0.864 bits per heavy atom. The molecule has 5 N–H and O–H groups in total. The quantitative estimate of drug-likeness (QED) is 0.127. The highest BCUT2D eigenvalue weighted by molar-refractivity contribution is 6.31. The van der Waals surface area contributed by atoms with Crippen LogP contribution in [0.25, 0.3) is 0 Å². The lowest BCUT2D eigenvalue weighted by Crippen LogP contribution is -2.60. The maximum Gasteiger partial charge on any atom is 0.328 e. The van der Waals surface area contributed by atoms with E-state index in [9.17, 15) is 24.0 Å². The third-order valence-electron chi connectivity index (χ3n) is 13.5. The molecule has 2 saturated carbocycles. The molecule has 3 aliphatic heterocycles. The van der Waals surface area contributed by atoms with Gasteiger partial charge in [0.25, 0.3) is 0 Å². The Hall–Kier alpha value is -4.52. The van der Waals surface area contributed by atoms with Gasteiger partial charge in [-0.3, -0.25) is 34.7 Å². The Morgan fingerprint density at radius 2 is 1.63 bits per heavy atom. The molecule has 312 valence electrons. The monoisotopic (exact) mass is 844 g/mol. The number of nitrogens with zero attached hydrogens (tertiary/aromatic N) is 1. The molecule has 0 unspecified atom stereocenters. The molecule has 0 bridgehead atoms. The fourth-order valence-electron chi connectivity index (χ4n) is 10.6. The van der Waals surface area contributed by atoms with Gasteiger partial charge in [0.05, 0.1) is 11.1 Å². The minimum Gasteiger partial charge on any atom is -0.356 e. The van der Waals surface area contributed by atoms with E-state index in [2.05, 4.69) is 26.6 Å². The van der Waals surface area contributed by atoms with Crippen molar-refractivity contribution in [1.82, 2.24) is 21.3 Å². The predicted molar refractivity (Wildman–Crippen MR) is 225 cm³/mol. The van der Waals surface area contributed by atoms with Crippen molar-refractivity contribution in [1.29, 1.82) is 0 Å². The molecule has 6 amide bonds. The van der Waals surface area contributed by atoms with Gasteiger partial charge in [-0.25, -0.2) is 9.18 Å². The predicted octanol–water partition coefficient (Wildman–Crippen LogP) is 7.43. The number of amides is 6. The number of rotatable bonds is 11. The number of halogens is 3. The van der Waals surface area contributed by atoms with Crippen LogP contribution in [-0.2, 0) is 31.0 Å². The Morgan fingerprint density at radius 3 is 2.37 bits per heavy atom. The number of nitrogens with one attached hydrogen (secondary N) is 5. The average Bonchev–Trinajstić information content (AvgIpc) is 3.68. The van der Waals surface area contributed by atoms with Gasteiger partial charge < -0.3 is 16.0 Å². The largest absolute Gasteiger partial charge is 0.356 e. The zero-order chi connectivity index (χ0) is 41.3. The van der Waals surface area contributed by atoms with E-state index < -0.39 is 34.8 Å². The fraction of sp³-hybridized carbons (Fsp3) is 0.489. The van der Waals surface area contributed by atoms with Crippen LogP contribution in [0.5, 0.6) is 0 Å². The van der Waals surface area contributed by atoms with Gasteiger partial charge in [0.2, 0.25) is 23.6 Å². The van der Waals surface area contributed by atoms with Crippen molar-refractivity contribution in [2.24, 2.45) is 5.92 Å². The van der Waals surface area contributed by atoms with Crippen LogP contribution in [0.1, 0.15) is 106 Å². The minimum absolute atomic E-state index is 0.0370. The number of urea groups is 1. The summed E-state index contributed by atoms with van der Waals surface area (Å²) in [6.45, 7) is 0.968. The molecule has 2 spiro atoms. The van der Waals surface area contributed by atoms with Crippen molar-refractivity contribution in [3.63, 3.8) is 0 Å². The van der Waals surface area contributed by atoms with Crippen molar-refractivity contribution < 1.29 is 28.4 Å². The highest BCUT2D eigenvalue weighted by atomic mass is 35.5. The van der Waals surface area contributed by atoms with Crippen molar-refractivity contribution in [2.45, 2.75) is 119 Å². The summed E-state index contributed by atoms with van der Waals surface area (Å²) in [5, 5.41) is 15.9. The number of hydrogen-bond acceptors (Lipinski definition) is 6. The molecule has 3 aromatic rings. The van der Waals surface area contributed by atoms with Crippen molar-refractivity contribution in [2.75, 3.05) is 23.3 Å². The third-order valence-corrected chi connectivity index (χ3v) is 14.0. The van der Waals surface area contributed by atoms with Crippen LogP contribution in [0.4, 0.5) is 20.6 Å². The van der Waals surface area contributed by atoms with E-state index >= 15 is 4.39 Å². The Balaban J connectivity index is 0.862. The Bertz CT molecular complexity index is 2120. The first kappa shape index (κ1) is 41.2. The zero-order valence-corrected chi connectivity index (χ0v) is 34.5. The van der Waals surface area contributed by atoms with E-state index in [0.717, 1.165) is 50.6 Å². The molecule has 11 nitrogen and oxygen atoms in total. The lowest BCUT2D eigenvalue weighted by atomic mass is 9.55. The molecule has 2 aliphatic carbocycles. The van der Waals surface area contributed by atoms with E-state index in [1.54, 1.807) is 29.2 Å². The van der Waals surface area contributed by atoms with Gasteiger partial charge in [-0.05, 0) is 105 Å². The number of carbonyl (C=O) groups is 5. The van der Waals surface area contributed by atoms with Crippen LogP contribution in [0.15, 0.2) is 60.7 Å². The maximum absolute atomic E-state index is 16.2. The first-order chi connectivity index (χ1) is 28.5. The summed E-state index contributed by atoms with van der Waals surface area (Å²) in [5.74, 6) is -2.45. The molecule has 8 rings (SSSR count). The highest BCUT2D eigenvalue weighted by Crippen LogP contribution is 2.62. The van der Waals surface area contributed by atoms with E-state index in [1.165, 1.54) is 11.6 Å². The number of unbranched alkanes of at least 4 members (excludes halogenated alkanes) is 2. The topological polar surface area (TPSA) is 149 Å². The summed E-state index contributed by atoms with van der Waals surface area (Å²) >= 11 is 12.8. The second kappa shape index (κ2) is 17.2.